The topological polar surface area (TPSA) is 113 Å². The molecule has 1 fully saturated rings. The van der Waals surface area contributed by atoms with Gasteiger partial charge in [0.25, 0.3) is 11.8 Å². The molecule has 2 N–H and O–H groups in total. The molecule has 1 heterocycles. The fourth-order valence-corrected chi connectivity index (χ4v) is 3.70. The van der Waals surface area contributed by atoms with Crippen LogP contribution in [0.2, 0.25) is 5.02 Å². The van der Waals surface area contributed by atoms with E-state index in [0.29, 0.717) is 10.6 Å². The minimum atomic E-state index is -1.24. The maximum absolute atomic E-state index is 13.2. The molecule has 0 unspecified atom stereocenters. The number of carboxylic acids is 1. The molecule has 0 atom stereocenters. The lowest BCUT2D eigenvalue weighted by Crippen LogP contribution is -2.54. The molecule has 9 heteroatoms. The summed E-state index contributed by atoms with van der Waals surface area (Å²) in [4.78, 5) is 50.8. The third-order valence-electron chi connectivity index (χ3n) is 5.30. The van der Waals surface area contributed by atoms with Crippen molar-refractivity contribution in [1.29, 1.82) is 0 Å². The lowest BCUT2D eigenvalue weighted by molar-refractivity contribution is -0.122. The van der Waals surface area contributed by atoms with Crippen LogP contribution in [0.25, 0.3) is 6.08 Å². The molecule has 35 heavy (non-hydrogen) atoms. The van der Waals surface area contributed by atoms with E-state index in [0.717, 1.165) is 10.5 Å². The minimum Gasteiger partial charge on any atom is -0.488 e. The number of nitrogens with zero attached hydrogens (tertiary/aromatic N) is 1. The summed E-state index contributed by atoms with van der Waals surface area (Å²) in [6, 6.07) is 17.3. The van der Waals surface area contributed by atoms with Gasteiger partial charge >= 0.3 is 12.0 Å². The molecule has 0 aromatic heterocycles. The SMILES string of the molecule is Cc1ccc(Cl)cc1N1C(=O)NC(=O)/C(=C/c2ccc(OCc3ccccc3)c(C(=O)O)c2)C1=O. The Labute approximate surface area is 205 Å². The zero-order chi connectivity index (χ0) is 25.1. The van der Waals surface area contributed by atoms with Gasteiger partial charge < -0.3 is 9.84 Å². The van der Waals surface area contributed by atoms with E-state index in [1.807, 2.05) is 30.3 Å². The van der Waals surface area contributed by atoms with Crippen LogP contribution in [0.15, 0.2) is 72.3 Å². The van der Waals surface area contributed by atoms with Crippen molar-refractivity contribution < 1.29 is 29.0 Å². The number of carboxylic acid groups (broad SMARTS) is 1. The van der Waals surface area contributed by atoms with Crippen molar-refractivity contribution in [3.63, 3.8) is 0 Å². The number of anilines is 1. The number of rotatable bonds is 6. The Morgan fingerprint density at radius 3 is 2.51 bits per heavy atom. The smallest absolute Gasteiger partial charge is 0.339 e. The van der Waals surface area contributed by atoms with Crippen molar-refractivity contribution in [2.45, 2.75) is 13.5 Å². The standard InChI is InChI=1S/C26H19ClN2O6/c1-15-7-9-18(27)13-21(15)29-24(31)20(23(30)28-26(29)34)12-17-8-10-22(19(11-17)25(32)33)35-14-16-5-3-2-4-6-16/h2-13H,14H2,1H3,(H,32,33)(H,28,30,34)/b20-12-. The lowest BCUT2D eigenvalue weighted by atomic mass is 10.0. The van der Waals surface area contributed by atoms with Crippen molar-refractivity contribution in [2.24, 2.45) is 0 Å². The molecule has 1 aliphatic heterocycles. The van der Waals surface area contributed by atoms with Crippen LogP contribution in [-0.4, -0.2) is 28.9 Å². The highest BCUT2D eigenvalue weighted by molar-refractivity contribution is 6.39. The van der Waals surface area contributed by atoms with Crippen LogP contribution in [0.3, 0.4) is 0 Å². The summed E-state index contributed by atoms with van der Waals surface area (Å²) in [5.41, 5.74) is 1.48. The summed E-state index contributed by atoms with van der Waals surface area (Å²) in [6.45, 7) is 1.86. The van der Waals surface area contributed by atoms with Crippen molar-refractivity contribution in [1.82, 2.24) is 5.32 Å². The molecule has 0 radical (unpaired) electrons. The van der Waals surface area contributed by atoms with E-state index >= 15 is 0 Å². The van der Waals surface area contributed by atoms with Gasteiger partial charge in [0.15, 0.2) is 0 Å². The Kier molecular flexibility index (Phi) is 6.66. The number of hydrogen-bond acceptors (Lipinski definition) is 5. The van der Waals surface area contributed by atoms with Crippen molar-refractivity contribution >= 4 is 47.2 Å². The van der Waals surface area contributed by atoms with Gasteiger partial charge in [0, 0.05) is 5.02 Å². The Hall–Kier alpha value is -4.43. The second-order valence-corrected chi connectivity index (χ2v) is 8.16. The molecule has 3 aromatic carbocycles. The number of amides is 4. The number of halogens is 1. The third-order valence-corrected chi connectivity index (χ3v) is 5.53. The van der Waals surface area contributed by atoms with Crippen LogP contribution in [-0.2, 0) is 16.2 Å². The average molecular weight is 491 g/mol. The molecule has 1 saturated heterocycles. The Bertz CT molecular complexity index is 1380. The van der Waals surface area contributed by atoms with E-state index in [2.05, 4.69) is 5.32 Å². The lowest BCUT2D eigenvalue weighted by Gasteiger charge is -2.27. The van der Waals surface area contributed by atoms with Crippen LogP contribution < -0.4 is 15.0 Å². The molecular formula is C26H19ClN2O6. The van der Waals surface area contributed by atoms with Crippen molar-refractivity contribution in [3.8, 4) is 5.75 Å². The van der Waals surface area contributed by atoms with E-state index in [-0.39, 0.29) is 34.7 Å². The number of carbonyl (C=O) groups is 4. The van der Waals surface area contributed by atoms with E-state index in [1.54, 1.807) is 19.1 Å². The van der Waals surface area contributed by atoms with Crippen molar-refractivity contribution in [3.05, 3.63) is 99.6 Å². The molecule has 1 aliphatic rings. The van der Waals surface area contributed by atoms with Gasteiger partial charge in [-0.1, -0.05) is 54.1 Å². The predicted molar refractivity (Wildman–Crippen MR) is 129 cm³/mol. The van der Waals surface area contributed by atoms with Gasteiger partial charge in [0.05, 0.1) is 5.69 Å². The summed E-state index contributed by atoms with van der Waals surface area (Å²) in [5, 5.41) is 12.1. The highest BCUT2D eigenvalue weighted by Gasteiger charge is 2.37. The first kappa shape index (κ1) is 23.7. The normalized spacial score (nSPS) is 14.7. The molecule has 4 amide bonds. The number of nitrogens with one attached hydrogen (secondary N) is 1. The zero-order valence-electron chi connectivity index (χ0n) is 18.4. The first-order valence-electron chi connectivity index (χ1n) is 10.5. The van der Waals surface area contributed by atoms with Crippen LogP contribution in [0, 0.1) is 6.92 Å². The van der Waals surface area contributed by atoms with Gasteiger partial charge in [-0.3, -0.25) is 14.9 Å². The van der Waals surface area contributed by atoms with Gasteiger partial charge in [0.2, 0.25) is 0 Å². The van der Waals surface area contributed by atoms with Crippen LogP contribution in [0.1, 0.15) is 27.0 Å². The second-order valence-electron chi connectivity index (χ2n) is 7.72. The molecule has 0 saturated carbocycles. The quantitative estimate of drug-likeness (QED) is 0.386. The number of benzene rings is 3. The fraction of sp³-hybridized carbons (Fsp3) is 0.0769. The van der Waals surface area contributed by atoms with Gasteiger partial charge in [-0.25, -0.2) is 14.5 Å². The highest BCUT2D eigenvalue weighted by atomic mass is 35.5. The largest absolute Gasteiger partial charge is 0.488 e. The van der Waals surface area contributed by atoms with Crippen molar-refractivity contribution in [2.75, 3.05) is 4.90 Å². The molecule has 3 aromatic rings. The molecule has 8 nitrogen and oxygen atoms in total. The van der Waals surface area contributed by atoms with Gasteiger partial charge in [-0.2, -0.15) is 0 Å². The van der Waals surface area contributed by atoms with Gasteiger partial charge in [-0.15, -0.1) is 0 Å². The number of carbonyl (C=O) groups excluding carboxylic acids is 3. The molecule has 0 bridgehead atoms. The molecule has 0 aliphatic carbocycles. The second kappa shape index (κ2) is 9.82. The zero-order valence-corrected chi connectivity index (χ0v) is 19.2. The average Bonchev–Trinajstić information content (AvgIpc) is 2.83. The maximum atomic E-state index is 13.2. The highest BCUT2D eigenvalue weighted by Crippen LogP contribution is 2.29. The molecular weight excluding hydrogens is 472 g/mol. The maximum Gasteiger partial charge on any atom is 0.339 e. The van der Waals surface area contributed by atoms with Crippen LogP contribution >= 0.6 is 11.6 Å². The molecule has 4 rings (SSSR count). The van der Waals surface area contributed by atoms with E-state index in [4.69, 9.17) is 16.3 Å². The van der Waals surface area contributed by atoms with Crippen LogP contribution in [0.5, 0.6) is 5.75 Å². The number of imide groups is 2. The summed E-state index contributed by atoms with van der Waals surface area (Å²) in [6.07, 6.45) is 1.23. The van der Waals surface area contributed by atoms with E-state index in [9.17, 15) is 24.3 Å². The first-order chi connectivity index (χ1) is 16.7. The summed E-state index contributed by atoms with van der Waals surface area (Å²) in [5.74, 6) is -2.85. The van der Waals surface area contributed by atoms with Gasteiger partial charge in [0.1, 0.15) is 23.5 Å². The first-order valence-corrected chi connectivity index (χ1v) is 10.8. The number of urea groups is 1. The van der Waals surface area contributed by atoms with E-state index in [1.165, 1.54) is 30.3 Å². The number of aryl methyl sites for hydroxylation is 1. The fourth-order valence-electron chi connectivity index (χ4n) is 3.53. The number of barbiturate groups is 1. The Morgan fingerprint density at radius 1 is 1.06 bits per heavy atom. The number of aromatic carboxylic acids is 1. The molecule has 0 spiro atoms. The third kappa shape index (κ3) is 5.07. The Morgan fingerprint density at radius 2 is 1.80 bits per heavy atom. The predicted octanol–water partition coefficient (Wildman–Crippen LogP) is 4.59. The minimum absolute atomic E-state index is 0.134. The summed E-state index contributed by atoms with van der Waals surface area (Å²) < 4.78 is 5.67. The summed E-state index contributed by atoms with van der Waals surface area (Å²) >= 11 is 6.03. The molecule has 176 valence electrons. The summed E-state index contributed by atoms with van der Waals surface area (Å²) in [7, 11) is 0. The monoisotopic (exact) mass is 490 g/mol. The number of hydrogen-bond donors (Lipinski definition) is 2. The van der Waals surface area contributed by atoms with Crippen LogP contribution in [0.4, 0.5) is 10.5 Å². The van der Waals surface area contributed by atoms with E-state index < -0.39 is 23.8 Å². The van der Waals surface area contributed by atoms with Gasteiger partial charge in [-0.05, 0) is 54.0 Å². The Balaban J connectivity index is 1.66. The number of ether oxygens (including phenoxy) is 1.